The molecule has 2 aromatic rings. The number of hydrogen-bond acceptors (Lipinski definition) is 6. The number of amides is 1. The number of ketones is 1. The van der Waals surface area contributed by atoms with E-state index in [9.17, 15) is 14.9 Å². The van der Waals surface area contributed by atoms with E-state index < -0.39 is 11.3 Å². The summed E-state index contributed by atoms with van der Waals surface area (Å²) in [5, 5.41) is 12.7. The normalized spacial score (nSPS) is 24.3. The van der Waals surface area contributed by atoms with E-state index in [0.717, 1.165) is 11.3 Å². The van der Waals surface area contributed by atoms with Gasteiger partial charge in [0.2, 0.25) is 11.8 Å². The summed E-state index contributed by atoms with van der Waals surface area (Å²) in [6.07, 6.45) is 0.592. The number of para-hydroxylation sites is 1. The van der Waals surface area contributed by atoms with Crippen molar-refractivity contribution in [3.05, 3.63) is 82.4 Å². The van der Waals surface area contributed by atoms with Gasteiger partial charge in [-0.25, -0.2) is 0 Å². The number of nitrogens with two attached hydrogens (primary N) is 1. The third-order valence-electron chi connectivity index (χ3n) is 6.27. The highest BCUT2D eigenvalue weighted by atomic mass is 16.5. The van der Waals surface area contributed by atoms with Crippen molar-refractivity contribution in [3.63, 3.8) is 0 Å². The molecule has 2 heterocycles. The van der Waals surface area contributed by atoms with Crippen molar-refractivity contribution in [3.8, 4) is 11.8 Å². The lowest BCUT2D eigenvalue weighted by Gasteiger charge is -2.38. The Labute approximate surface area is 178 Å². The fraction of sp³-hybridized carbons (Fsp3) is 0.208. The average Bonchev–Trinajstić information content (AvgIpc) is 3.06. The smallest absolute Gasteiger partial charge is 0.245 e. The topological polar surface area (TPSA) is 114 Å². The first kappa shape index (κ1) is 18.9. The number of methoxy groups -OCH3 is 1. The number of nitrogens with zero attached hydrogens (tertiary/aromatic N) is 1. The second kappa shape index (κ2) is 6.74. The van der Waals surface area contributed by atoms with Crippen molar-refractivity contribution >= 4 is 17.4 Å². The minimum absolute atomic E-state index is 0.0510. The van der Waals surface area contributed by atoms with Gasteiger partial charge < -0.3 is 20.5 Å². The summed E-state index contributed by atoms with van der Waals surface area (Å²) in [6, 6.07) is 16.6. The van der Waals surface area contributed by atoms with Crippen molar-refractivity contribution in [2.45, 2.75) is 24.2 Å². The van der Waals surface area contributed by atoms with Crippen LogP contribution in [0.1, 0.15) is 29.9 Å². The number of allylic oxidation sites excluding steroid dienone is 1. The van der Waals surface area contributed by atoms with Gasteiger partial charge in [0.25, 0.3) is 0 Å². The average molecular weight is 413 g/mol. The number of fused-ring (bicyclic) bond motifs is 3. The molecule has 2 aromatic carbocycles. The van der Waals surface area contributed by atoms with Crippen molar-refractivity contribution in [1.82, 2.24) is 0 Å². The molecule has 1 amide bonds. The van der Waals surface area contributed by atoms with E-state index in [1.54, 1.807) is 31.4 Å². The maximum atomic E-state index is 13.5. The molecule has 0 saturated carbocycles. The lowest BCUT2D eigenvalue weighted by molar-refractivity contribution is -0.123. The van der Waals surface area contributed by atoms with Crippen LogP contribution in [0.4, 0.5) is 5.69 Å². The molecule has 2 unspecified atom stereocenters. The number of Topliss-reactive ketones (excluding diaryl/α,β-unsaturated/α-hetero) is 1. The van der Waals surface area contributed by atoms with Crippen LogP contribution >= 0.6 is 0 Å². The molecule has 7 nitrogen and oxygen atoms in total. The molecule has 31 heavy (non-hydrogen) atoms. The molecular formula is C24H19N3O4. The van der Waals surface area contributed by atoms with Crippen LogP contribution in [0.3, 0.4) is 0 Å². The highest BCUT2D eigenvalue weighted by Gasteiger charge is 2.60. The number of carbonyl (C=O) groups is 2. The van der Waals surface area contributed by atoms with Crippen molar-refractivity contribution in [1.29, 1.82) is 5.26 Å². The van der Waals surface area contributed by atoms with Gasteiger partial charge in [-0.2, -0.15) is 5.26 Å². The summed E-state index contributed by atoms with van der Waals surface area (Å²) in [5.41, 5.74) is 6.79. The highest BCUT2D eigenvalue weighted by Crippen LogP contribution is 2.55. The second-order valence-electron chi connectivity index (χ2n) is 7.80. The van der Waals surface area contributed by atoms with Gasteiger partial charge in [0.05, 0.1) is 12.7 Å². The van der Waals surface area contributed by atoms with Gasteiger partial charge in [0.15, 0.2) is 5.78 Å². The third-order valence-corrected chi connectivity index (χ3v) is 6.27. The standard InChI is InChI=1S/C24H19N3O4/c1-30-15-8-6-13(7-9-15)14-10-19(28)21-20(11-14)31-22(26)17(12-25)24(21)16-4-2-3-5-18(16)27-23(24)29/h2-9,14H,10-11,26H2,1H3,(H,27,29). The molecule has 0 fully saturated rings. The first-order valence-corrected chi connectivity index (χ1v) is 9.90. The molecule has 1 aliphatic carbocycles. The number of ether oxygens (including phenoxy) is 2. The minimum Gasteiger partial charge on any atom is -0.497 e. The third kappa shape index (κ3) is 2.51. The fourth-order valence-electron chi connectivity index (χ4n) is 4.89. The van der Waals surface area contributed by atoms with E-state index in [1.165, 1.54) is 0 Å². The maximum Gasteiger partial charge on any atom is 0.245 e. The molecule has 0 bridgehead atoms. The Morgan fingerprint density at radius 2 is 1.90 bits per heavy atom. The molecule has 1 spiro atoms. The van der Waals surface area contributed by atoms with Gasteiger partial charge in [-0.15, -0.1) is 0 Å². The second-order valence-corrected chi connectivity index (χ2v) is 7.80. The van der Waals surface area contributed by atoms with Gasteiger partial charge in [-0.3, -0.25) is 9.59 Å². The zero-order valence-corrected chi connectivity index (χ0v) is 16.8. The van der Waals surface area contributed by atoms with Gasteiger partial charge >= 0.3 is 0 Å². The number of carbonyl (C=O) groups excluding carboxylic acids is 2. The lowest BCUT2D eigenvalue weighted by Crippen LogP contribution is -2.47. The molecule has 0 saturated heterocycles. The van der Waals surface area contributed by atoms with Crippen LogP contribution in [0.25, 0.3) is 0 Å². The summed E-state index contributed by atoms with van der Waals surface area (Å²) in [6.45, 7) is 0. The Morgan fingerprint density at radius 1 is 1.16 bits per heavy atom. The first-order chi connectivity index (χ1) is 15.0. The van der Waals surface area contributed by atoms with Crippen LogP contribution in [-0.4, -0.2) is 18.8 Å². The first-order valence-electron chi connectivity index (χ1n) is 9.90. The van der Waals surface area contributed by atoms with Crippen LogP contribution in [0, 0.1) is 11.3 Å². The van der Waals surface area contributed by atoms with Crippen LogP contribution in [-0.2, 0) is 19.7 Å². The zero-order valence-electron chi connectivity index (χ0n) is 16.8. The molecule has 5 rings (SSSR count). The molecule has 2 atom stereocenters. The number of anilines is 1. The Kier molecular flexibility index (Phi) is 4.12. The largest absolute Gasteiger partial charge is 0.497 e. The Balaban J connectivity index is 1.67. The van der Waals surface area contributed by atoms with Gasteiger partial charge in [0, 0.05) is 24.1 Å². The van der Waals surface area contributed by atoms with Crippen LogP contribution in [0.15, 0.2) is 71.3 Å². The highest BCUT2D eigenvalue weighted by molar-refractivity contribution is 6.19. The van der Waals surface area contributed by atoms with Crippen LogP contribution in [0.2, 0.25) is 0 Å². The predicted octanol–water partition coefficient (Wildman–Crippen LogP) is 3.01. The van der Waals surface area contributed by atoms with Crippen molar-refractivity contribution < 1.29 is 19.1 Å². The molecule has 154 valence electrons. The molecule has 3 aliphatic rings. The summed E-state index contributed by atoms with van der Waals surface area (Å²) in [7, 11) is 1.60. The number of rotatable bonds is 2. The van der Waals surface area contributed by atoms with Gasteiger partial charge in [-0.1, -0.05) is 30.3 Å². The van der Waals surface area contributed by atoms with E-state index in [2.05, 4.69) is 5.32 Å². The minimum atomic E-state index is -1.58. The van der Waals surface area contributed by atoms with E-state index in [1.807, 2.05) is 30.3 Å². The Bertz CT molecular complexity index is 1240. The summed E-state index contributed by atoms with van der Waals surface area (Å²) in [5.74, 6) is 0.111. The molecule has 0 aromatic heterocycles. The summed E-state index contributed by atoms with van der Waals surface area (Å²) < 4.78 is 11.0. The Morgan fingerprint density at radius 3 is 2.61 bits per heavy atom. The predicted molar refractivity (Wildman–Crippen MR) is 112 cm³/mol. The summed E-state index contributed by atoms with van der Waals surface area (Å²) >= 11 is 0. The molecule has 3 N–H and O–H groups in total. The maximum absolute atomic E-state index is 13.5. The molecule has 7 heteroatoms. The van der Waals surface area contributed by atoms with Crippen molar-refractivity contribution in [2.24, 2.45) is 5.73 Å². The number of nitriles is 1. The zero-order chi connectivity index (χ0) is 21.8. The van der Waals surface area contributed by atoms with Gasteiger partial charge in [0.1, 0.15) is 28.6 Å². The van der Waals surface area contributed by atoms with Crippen molar-refractivity contribution in [2.75, 3.05) is 12.4 Å². The monoisotopic (exact) mass is 413 g/mol. The SMILES string of the molecule is COc1ccc(C2CC(=O)C3=C(C2)OC(N)=C(C#N)C32C(=O)Nc3ccccc32)cc1. The molecular weight excluding hydrogens is 394 g/mol. The fourth-order valence-corrected chi connectivity index (χ4v) is 4.89. The van der Waals surface area contributed by atoms with Crippen LogP contribution < -0.4 is 15.8 Å². The van der Waals surface area contributed by atoms with E-state index in [-0.39, 0.29) is 35.2 Å². The molecule has 2 aliphatic heterocycles. The number of nitrogens with one attached hydrogen (secondary N) is 1. The summed E-state index contributed by atoms with van der Waals surface area (Å²) in [4.78, 5) is 26.8. The van der Waals surface area contributed by atoms with Crippen LogP contribution in [0.5, 0.6) is 5.75 Å². The molecule has 0 radical (unpaired) electrons. The lowest BCUT2D eigenvalue weighted by atomic mass is 9.63. The number of hydrogen-bond donors (Lipinski definition) is 2. The van der Waals surface area contributed by atoms with E-state index in [4.69, 9.17) is 15.2 Å². The van der Waals surface area contributed by atoms with Gasteiger partial charge in [-0.05, 0) is 29.7 Å². The van der Waals surface area contributed by atoms with E-state index in [0.29, 0.717) is 23.4 Å². The van der Waals surface area contributed by atoms with E-state index >= 15 is 0 Å². The quantitative estimate of drug-likeness (QED) is 0.782. The Hall–Kier alpha value is -4.05. The number of benzene rings is 2.